The number of rotatable bonds is 3. The molecular formula is C10H9Cl2N3O. The van der Waals surface area contributed by atoms with Gasteiger partial charge in [0.2, 0.25) is 0 Å². The zero-order chi connectivity index (χ0) is 10.7. The summed E-state index contributed by atoms with van der Waals surface area (Å²) >= 11 is 5.89. The van der Waals surface area contributed by atoms with Crippen molar-refractivity contribution >= 4 is 29.8 Å². The molecule has 4 nitrogen and oxygen atoms in total. The molecule has 16 heavy (non-hydrogen) atoms. The topological polar surface area (TPSA) is 47.8 Å². The van der Waals surface area contributed by atoms with Crippen LogP contribution in [-0.2, 0) is 6.54 Å². The van der Waals surface area contributed by atoms with E-state index >= 15 is 0 Å². The van der Waals surface area contributed by atoms with Crippen molar-refractivity contribution in [1.29, 1.82) is 0 Å². The Morgan fingerprint density at radius 1 is 1.38 bits per heavy atom. The maximum Gasteiger partial charge on any atom is 0.185 e. The van der Waals surface area contributed by atoms with E-state index in [1.165, 1.54) is 17.3 Å². The largest absolute Gasteiger partial charge is 0.292 e. The maximum atomic E-state index is 11.8. The summed E-state index contributed by atoms with van der Waals surface area (Å²) in [4.78, 5) is 15.5. The number of hydrogen-bond donors (Lipinski definition) is 0. The second-order valence-corrected chi connectivity index (χ2v) is 3.40. The van der Waals surface area contributed by atoms with Crippen LogP contribution in [0.1, 0.15) is 10.4 Å². The van der Waals surface area contributed by atoms with Crippen molar-refractivity contribution < 1.29 is 4.79 Å². The lowest BCUT2D eigenvalue weighted by Gasteiger charge is -2.02. The summed E-state index contributed by atoms with van der Waals surface area (Å²) in [5, 5.41) is 4.31. The number of nitrogens with zero attached hydrogens (tertiary/aromatic N) is 3. The fraction of sp³-hybridized carbons (Fsp3) is 0.100. The lowest BCUT2D eigenvalue weighted by molar-refractivity contribution is 0.0967. The molecular weight excluding hydrogens is 249 g/mol. The van der Waals surface area contributed by atoms with Gasteiger partial charge < -0.3 is 0 Å². The van der Waals surface area contributed by atoms with Gasteiger partial charge in [-0.3, -0.25) is 4.79 Å². The van der Waals surface area contributed by atoms with Crippen LogP contribution in [-0.4, -0.2) is 20.5 Å². The minimum absolute atomic E-state index is 0. The lowest BCUT2D eigenvalue weighted by Crippen LogP contribution is -2.11. The van der Waals surface area contributed by atoms with Gasteiger partial charge in [0.15, 0.2) is 5.78 Å². The number of Topliss-reactive ketones (excluding diaryl/α,β-unsaturated/α-hetero) is 1. The van der Waals surface area contributed by atoms with E-state index in [0.717, 1.165) is 0 Å². The van der Waals surface area contributed by atoms with Crippen LogP contribution in [0.25, 0.3) is 0 Å². The molecule has 0 amide bonds. The van der Waals surface area contributed by atoms with Crippen LogP contribution >= 0.6 is 24.0 Å². The van der Waals surface area contributed by atoms with Crippen LogP contribution < -0.4 is 0 Å². The van der Waals surface area contributed by atoms with Crippen LogP contribution in [0.15, 0.2) is 36.9 Å². The van der Waals surface area contributed by atoms with Gasteiger partial charge in [0, 0.05) is 5.56 Å². The van der Waals surface area contributed by atoms with E-state index in [0.29, 0.717) is 10.6 Å². The van der Waals surface area contributed by atoms with Gasteiger partial charge in [-0.1, -0.05) is 23.7 Å². The zero-order valence-electron chi connectivity index (χ0n) is 8.21. The Bertz CT molecular complexity index is 471. The number of ketones is 1. The second-order valence-electron chi connectivity index (χ2n) is 3.00. The number of halogens is 2. The third-order valence-electron chi connectivity index (χ3n) is 1.95. The van der Waals surface area contributed by atoms with Gasteiger partial charge in [0.1, 0.15) is 19.2 Å². The van der Waals surface area contributed by atoms with Crippen LogP contribution in [0.2, 0.25) is 5.02 Å². The minimum atomic E-state index is -0.0777. The molecule has 0 saturated heterocycles. The second kappa shape index (κ2) is 5.63. The molecule has 84 valence electrons. The monoisotopic (exact) mass is 257 g/mol. The van der Waals surface area contributed by atoms with E-state index in [9.17, 15) is 4.79 Å². The Labute approximate surface area is 104 Å². The summed E-state index contributed by atoms with van der Waals surface area (Å²) in [5.41, 5.74) is 0.509. The van der Waals surface area contributed by atoms with Gasteiger partial charge in [0.05, 0.1) is 5.02 Å². The predicted octanol–water partition coefficient (Wildman–Crippen LogP) is 2.24. The Balaban J connectivity index is 0.00000128. The van der Waals surface area contributed by atoms with Crippen LogP contribution in [0.4, 0.5) is 0 Å². The van der Waals surface area contributed by atoms with Crippen LogP contribution in [0, 0.1) is 0 Å². The van der Waals surface area contributed by atoms with Crippen molar-refractivity contribution in [1.82, 2.24) is 14.8 Å². The summed E-state index contributed by atoms with van der Waals surface area (Å²) < 4.78 is 1.46. The van der Waals surface area contributed by atoms with E-state index in [4.69, 9.17) is 11.6 Å². The normalized spacial score (nSPS) is 9.56. The Morgan fingerprint density at radius 3 is 2.75 bits per heavy atom. The number of carbonyl (C=O) groups excluding carboxylic acids is 1. The molecule has 0 unspecified atom stereocenters. The molecule has 0 radical (unpaired) electrons. The van der Waals surface area contributed by atoms with E-state index in [1.807, 2.05) is 0 Å². The first kappa shape index (κ1) is 12.7. The molecule has 6 heteroatoms. The number of hydrogen-bond acceptors (Lipinski definition) is 3. The predicted molar refractivity (Wildman–Crippen MR) is 63.1 cm³/mol. The fourth-order valence-electron chi connectivity index (χ4n) is 1.23. The zero-order valence-corrected chi connectivity index (χ0v) is 9.78. The molecule has 1 aromatic carbocycles. The minimum Gasteiger partial charge on any atom is -0.292 e. The molecule has 2 rings (SSSR count). The molecule has 2 aromatic rings. The van der Waals surface area contributed by atoms with Gasteiger partial charge >= 0.3 is 0 Å². The summed E-state index contributed by atoms with van der Waals surface area (Å²) in [6.45, 7) is 0.156. The van der Waals surface area contributed by atoms with E-state index in [2.05, 4.69) is 10.1 Å². The first-order valence-corrected chi connectivity index (χ1v) is 4.75. The van der Waals surface area contributed by atoms with Crippen LogP contribution in [0.3, 0.4) is 0 Å². The molecule has 0 aliphatic heterocycles. The highest BCUT2D eigenvalue weighted by molar-refractivity contribution is 6.33. The average molecular weight is 258 g/mol. The molecule has 0 N–H and O–H groups in total. The third kappa shape index (κ3) is 2.81. The van der Waals surface area contributed by atoms with Gasteiger partial charge in [-0.25, -0.2) is 9.67 Å². The van der Waals surface area contributed by atoms with Crippen molar-refractivity contribution in [3.05, 3.63) is 47.5 Å². The van der Waals surface area contributed by atoms with Gasteiger partial charge in [-0.15, -0.1) is 12.4 Å². The van der Waals surface area contributed by atoms with Gasteiger partial charge in [-0.05, 0) is 12.1 Å². The molecule has 0 aliphatic rings. The highest BCUT2D eigenvalue weighted by atomic mass is 35.5. The summed E-state index contributed by atoms with van der Waals surface area (Å²) in [6.07, 6.45) is 2.88. The van der Waals surface area contributed by atoms with Crippen molar-refractivity contribution in [3.63, 3.8) is 0 Å². The number of carbonyl (C=O) groups is 1. The quantitative estimate of drug-likeness (QED) is 0.793. The van der Waals surface area contributed by atoms with Gasteiger partial charge in [-0.2, -0.15) is 5.10 Å². The van der Waals surface area contributed by atoms with Crippen molar-refractivity contribution in [2.75, 3.05) is 0 Å². The molecule has 1 aromatic heterocycles. The van der Waals surface area contributed by atoms with E-state index in [1.54, 1.807) is 24.3 Å². The molecule has 0 aliphatic carbocycles. The summed E-state index contributed by atoms with van der Waals surface area (Å²) in [6, 6.07) is 6.95. The standard InChI is InChI=1S/C10H8ClN3O.ClH/c11-9-4-2-1-3-8(9)10(15)5-14-7-12-6-13-14;/h1-4,6-7H,5H2;1H. The van der Waals surface area contributed by atoms with E-state index in [-0.39, 0.29) is 24.7 Å². The van der Waals surface area contributed by atoms with Crippen molar-refractivity contribution in [3.8, 4) is 0 Å². The number of benzene rings is 1. The highest BCUT2D eigenvalue weighted by Gasteiger charge is 2.10. The average Bonchev–Trinajstić information content (AvgIpc) is 2.71. The first-order chi connectivity index (χ1) is 7.27. The Hall–Kier alpha value is -1.39. The maximum absolute atomic E-state index is 11.8. The number of aromatic nitrogens is 3. The van der Waals surface area contributed by atoms with Crippen LogP contribution in [0.5, 0.6) is 0 Å². The highest BCUT2D eigenvalue weighted by Crippen LogP contribution is 2.15. The molecule has 0 saturated carbocycles. The lowest BCUT2D eigenvalue weighted by atomic mass is 10.1. The Kier molecular flexibility index (Phi) is 4.46. The van der Waals surface area contributed by atoms with Crippen molar-refractivity contribution in [2.24, 2.45) is 0 Å². The van der Waals surface area contributed by atoms with Crippen molar-refractivity contribution in [2.45, 2.75) is 6.54 Å². The summed E-state index contributed by atoms with van der Waals surface area (Å²) in [7, 11) is 0. The Morgan fingerprint density at radius 2 is 2.12 bits per heavy atom. The summed E-state index contributed by atoms with van der Waals surface area (Å²) in [5.74, 6) is -0.0777. The SMILES string of the molecule is Cl.O=C(Cn1cncn1)c1ccccc1Cl. The van der Waals surface area contributed by atoms with E-state index < -0.39 is 0 Å². The fourth-order valence-corrected chi connectivity index (χ4v) is 1.48. The molecule has 0 spiro atoms. The third-order valence-corrected chi connectivity index (χ3v) is 2.28. The molecule has 0 bridgehead atoms. The molecule has 1 heterocycles. The molecule has 0 fully saturated rings. The van der Waals surface area contributed by atoms with Gasteiger partial charge in [0.25, 0.3) is 0 Å². The smallest absolute Gasteiger partial charge is 0.185 e. The molecule has 0 atom stereocenters. The first-order valence-electron chi connectivity index (χ1n) is 4.37.